The number of hydrogen-bond donors (Lipinski definition) is 1. The van der Waals surface area contributed by atoms with E-state index in [9.17, 15) is 18.3 Å². The van der Waals surface area contributed by atoms with Gasteiger partial charge < -0.3 is 5.11 Å². The molecule has 1 fully saturated rings. The van der Waals surface area contributed by atoms with Crippen LogP contribution >= 0.6 is 0 Å². The van der Waals surface area contributed by atoms with Crippen molar-refractivity contribution < 1.29 is 18.3 Å². The van der Waals surface area contributed by atoms with Gasteiger partial charge in [0, 0.05) is 6.61 Å². The highest BCUT2D eigenvalue weighted by molar-refractivity contribution is 5.26. The van der Waals surface area contributed by atoms with Crippen LogP contribution in [0.15, 0.2) is 24.3 Å². The van der Waals surface area contributed by atoms with Crippen molar-refractivity contribution in [1.82, 2.24) is 0 Å². The number of hydrogen-bond acceptors (Lipinski definition) is 1. The van der Waals surface area contributed by atoms with Crippen LogP contribution in [0.2, 0.25) is 0 Å². The Balaban J connectivity index is 2.19. The molecule has 1 aliphatic carbocycles. The van der Waals surface area contributed by atoms with Crippen LogP contribution in [0.3, 0.4) is 0 Å². The van der Waals surface area contributed by atoms with E-state index in [2.05, 4.69) is 0 Å². The summed E-state index contributed by atoms with van der Waals surface area (Å²) in [5.74, 6) is 0.442. The quantitative estimate of drug-likeness (QED) is 0.873. The Labute approximate surface area is 105 Å². The summed E-state index contributed by atoms with van der Waals surface area (Å²) in [6, 6.07) is 5.40. The fraction of sp³-hybridized carbons (Fsp3) is 0.571. The molecule has 0 spiro atoms. The monoisotopic (exact) mass is 258 g/mol. The summed E-state index contributed by atoms with van der Waals surface area (Å²) in [6.45, 7) is 1.97. The molecule has 4 heteroatoms. The Bertz CT molecular complexity index is 423. The van der Waals surface area contributed by atoms with Gasteiger partial charge in [-0.15, -0.1) is 0 Å². The van der Waals surface area contributed by atoms with Crippen LogP contribution in [-0.4, -0.2) is 11.7 Å². The average molecular weight is 258 g/mol. The van der Waals surface area contributed by atoms with Crippen molar-refractivity contribution in [3.8, 4) is 0 Å². The van der Waals surface area contributed by atoms with Gasteiger partial charge in [0.2, 0.25) is 0 Å². The van der Waals surface area contributed by atoms with Crippen LogP contribution in [0.1, 0.15) is 30.9 Å². The van der Waals surface area contributed by atoms with Crippen molar-refractivity contribution >= 4 is 0 Å². The zero-order chi connectivity index (χ0) is 13.4. The molecule has 1 atom stereocenters. The van der Waals surface area contributed by atoms with Gasteiger partial charge in [0.25, 0.3) is 0 Å². The fourth-order valence-electron chi connectivity index (χ4n) is 2.43. The highest BCUT2D eigenvalue weighted by Gasteiger charge is 2.41. The molecular formula is C14H17F3O. The third-order valence-corrected chi connectivity index (χ3v) is 3.79. The van der Waals surface area contributed by atoms with E-state index in [-0.39, 0.29) is 12.0 Å². The van der Waals surface area contributed by atoms with Crippen molar-refractivity contribution in [2.24, 2.45) is 11.3 Å². The summed E-state index contributed by atoms with van der Waals surface area (Å²) in [4.78, 5) is 0. The molecule has 1 unspecified atom stereocenters. The maximum atomic E-state index is 12.6. The van der Waals surface area contributed by atoms with E-state index >= 15 is 0 Å². The minimum atomic E-state index is -4.30. The Morgan fingerprint density at radius 2 is 1.94 bits per heavy atom. The molecule has 0 amide bonds. The largest absolute Gasteiger partial charge is 0.416 e. The number of aliphatic hydroxyl groups excluding tert-OH is 1. The lowest BCUT2D eigenvalue weighted by molar-refractivity contribution is -0.137. The molecule has 1 aromatic rings. The molecule has 1 saturated carbocycles. The van der Waals surface area contributed by atoms with E-state index in [0.29, 0.717) is 17.9 Å². The highest BCUT2D eigenvalue weighted by atomic mass is 19.4. The lowest BCUT2D eigenvalue weighted by Crippen LogP contribution is -2.27. The van der Waals surface area contributed by atoms with Crippen LogP contribution in [0.4, 0.5) is 13.2 Å². The molecular weight excluding hydrogens is 241 g/mol. The first-order chi connectivity index (χ1) is 8.35. The normalized spacial score (nSPS) is 19.6. The van der Waals surface area contributed by atoms with Crippen molar-refractivity contribution in [3.05, 3.63) is 35.4 Å². The SMILES string of the molecule is CC(CO)(Cc1cccc(C(F)(F)F)c1)C1CC1. The first kappa shape index (κ1) is 13.4. The van der Waals surface area contributed by atoms with Crippen molar-refractivity contribution in [3.63, 3.8) is 0 Å². The number of halogens is 3. The Morgan fingerprint density at radius 1 is 1.28 bits per heavy atom. The summed E-state index contributed by atoms with van der Waals surface area (Å²) in [5.41, 5.74) is -0.256. The van der Waals surface area contributed by atoms with Gasteiger partial charge in [-0.25, -0.2) is 0 Å². The molecule has 0 aliphatic heterocycles. The Hall–Kier alpha value is -1.03. The summed E-state index contributed by atoms with van der Waals surface area (Å²) in [5, 5.41) is 9.46. The first-order valence-electron chi connectivity index (χ1n) is 6.12. The number of alkyl halides is 3. The number of benzene rings is 1. The van der Waals surface area contributed by atoms with E-state index in [1.807, 2.05) is 6.92 Å². The van der Waals surface area contributed by atoms with Gasteiger partial charge >= 0.3 is 6.18 Å². The van der Waals surface area contributed by atoms with Crippen LogP contribution < -0.4 is 0 Å². The fourth-order valence-corrected chi connectivity index (χ4v) is 2.43. The average Bonchev–Trinajstić information content (AvgIpc) is 3.12. The molecule has 1 aromatic carbocycles. The standard InChI is InChI=1S/C14H17F3O/c1-13(9-18,11-5-6-11)8-10-3-2-4-12(7-10)14(15,16)17/h2-4,7,11,18H,5-6,8-9H2,1H3. The maximum Gasteiger partial charge on any atom is 0.416 e. The summed E-state index contributed by atoms with van der Waals surface area (Å²) < 4.78 is 37.8. The second-order valence-corrected chi connectivity index (χ2v) is 5.46. The zero-order valence-electron chi connectivity index (χ0n) is 10.3. The number of aliphatic hydroxyl groups is 1. The van der Waals surface area contributed by atoms with Gasteiger partial charge in [-0.3, -0.25) is 0 Å². The van der Waals surface area contributed by atoms with Gasteiger partial charge in [-0.1, -0.05) is 25.1 Å². The molecule has 0 radical (unpaired) electrons. The van der Waals surface area contributed by atoms with Crippen molar-refractivity contribution in [1.29, 1.82) is 0 Å². The predicted octanol–water partition coefficient (Wildman–Crippen LogP) is 3.66. The molecule has 1 nitrogen and oxygen atoms in total. The lowest BCUT2D eigenvalue weighted by Gasteiger charge is -2.27. The van der Waals surface area contributed by atoms with Crippen LogP contribution in [0, 0.1) is 11.3 Å². The Morgan fingerprint density at radius 3 is 2.44 bits per heavy atom. The van der Waals surface area contributed by atoms with Gasteiger partial charge in [-0.05, 0) is 42.2 Å². The van der Waals surface area contributed by atoms with Crippen molar-refractivity contribution in [2.75, 3.05) is 6.61 Å². The maximum absolute atomic E-state index is 12.6. The second kappa shape index (κ2) is 4.57. The third-order valence-electron chi connectivity index (χ3n) is 3.79. The van der Waals surface area contributed by atoms with Crippen molar-refractivity contribution in [2.45, 2.75) is 32.4 Å². The van der Waals surface area contributed by atoms with E-state index in [0.717, 1.165) is 18.9 Å². The van der Waals surface area contributed by atoms with Gasteiger partial charge in [0.1, 0.15) is 0 Å². The molecule has 0 bridgehead atoms. The summed E-state index contributed by atoms with van der Waals surface area (Å²) in [7, 11) is 0. The predicted molar refractivity (Wildman–Crippen MR) is 63.1 cm³/mol. The molecule has 1 N–H and O–H groups in total. The highest BCUT2D eigenvalue weighted by Crippen LogP contribution is 2.47. The topological polar surface area (TPSA) is 20.2 Å². The van der Waals surface area contributed by atoms with E-state index < -0.39 is 11.7 Å². The van der Waals surface area contributed by atoms with Gasteiger partial charge in [0.15, 0.2) is 0 Å². The van der Waals surface area contributed by atoms with E-state index in [1.165, 1.54) is 12.1 Å². The summed E-state index contributed by atoms with van der Waals surface area (Å²) >= 11 is 0. The van der Waals surface area contributed by atoms with Crippen LogP contribution in [0.25, 0.3) is 0 Å². The minimum Gasteiger partial charge on any atom is -0.396 e. The zero-order valence-corrected chi connectivity index (χ0v) is 10.3. The van der Waals surface area contributed by atoms with Gasteiger partial charge in [0.05, 0.1) is 5.56 Å². The van der Waals surface area contributed by atoms with E-state index in [1.54, 1.807) is 6.07 Å². The second-order valence-electron chi connectivity index (χ2n) is 5.46. The van der Waals surface area contributed by atoms with Gasteiger partial charge in [-0.2, -0.15) is 13.2 Å². The first-order valence-corrected chi connectivity index (χ1v) is 6.12. The lowest BCUT2D eigenvalue weighted by atomic mass is 9.79. The molecule has 0 heterocycles. The molecule has 2 rings (SSSR count). The smallest absolute Gasteiger partial charge is 0.396 e. The van der Waals surface area contributed by atoms with Crippen LogP contribution in [-0.2, 0) is 12.6 Å². The molecule has 0 saturated heterocycles. The summed E-state index contributed by atoms with van der Waals surface area (Å²) in [6.07, 6.45) is -1.67. The van der Waals surface area contributed by atoms with Crippen LogP contribution in [0.5, 0.6) is 0 Å². The third kappa shape index (κ3) is 2.86. The Kier molecular flexibility index (Phi) is 3.41. The molecule has 1 aliphatic rings. The molecule has 0 aromatic heterocycles. The number of rotatable bonds is 4. The molecule has 100 valence electrons. The minimum absolute atomic E-state index is 0.0217. The van der Waals surface area contributed by atoms with E-state index in [4.69, 9.17) is 0 Å². The molecule has 18 heavy (non-hydrogen) atoms.